The summed E-state index contributed by atoms with van der Waals surface area (Å²) in [4.78, 5) is 0. The summed E-state index contributed by atoms with van der Waals surface area (Å²) in [5.41, 5.74) is 0. The van der Waals surface area contributed by atoms with Gasteiger partial charge in [-0.05, 0) is 0 Å². The van der Waals surface area contributed by atoms with E-state index in [1.54, 1.807) is 0 Å². The Balaban J connectivity index is -0.000000784. The molecule has 2 aliphatic heterocycles. The Kier molecular flexibility index (Phi) is 43.1. The van der Waals surface area contributed by atoms with Crippen molar-refractivity contribution in [2.75, 3.05) is 19.8 Å². The molecule has 328 valence electrons. The summed E-state index contributed by atoms with van der Waals surface area (Å²) in [5.74, 6) is -4.31. The quantitative estimate of drug-likeness (QED) is 0.0585. The monoisotopic (exact) mass is 1160 g/mol. The van der Waals surface area contributed by atoms with Crippen molar-refractivity contribution >= 4 is 83.2 Å². The normalized spacial score (nSPS) is 26.8. The van der Waals surface area contributed by atoms with Gasteiger partial charge in [-0.15, -0.1) is 0 Å². The second kappa shape index (κ2) is 32.4. The molecule has 0 unspecified atom stereocenters. The Hall–Kier alpha value is 6.84. The molecule has 0 aromatic heterocycles. The average Bonchev–Trinajstić information content (AvgIpc) is 3.15. The maximum Gasteiger partial charge on any atom is 1.00 e. The standard InChI is InChI=1S/C12H22O35S8.8Na/c13-48(14,15)37-1-4-6(43-51(22,23)24)8(45-53(28,29)30)9(46-54(31,32)33)11(40-4)42-12(3-39-50(19,20)21)10(47-55(34,35)36)7(44-52(25,26)27)5(41-12)2-38-49(16,17)18;;;;;;;;/h4-11H,1-3H2,(H,13,14,15)(H,16,17,18)(H,19,20,21)(H,22,23,24)(H,25,26,27)(H,28,29,30)(H,31,32,33)(H,34,35,36);;;;;;;;/q;8*+1/p-8/t4-,5+,6+,7-,8+,9-,10+,11-,12+;;;;;;;;/m1......../s1. The second-order valence-electron chi connectivity index (χ2n) is 9.49. The van der Waals surface area contributed by atoms with Crippen molar-refractivity contribution in [3.8, 4) is 0 Å². The first-order chi connectivity index (χ1) is 24.2. The number of hydrogen-bond acceptors (Lipinski definition) is 35. The molecule has 51 heteroatoms. The summed E-state index contributed by atoms with van der Waals surface area (Å²) < 4.78 is 320. The molecule has 35 nitrogen and oxygen atoms in total. The van der Waals surface area contributed by atoms with Crippen LogP contribution in [0.15, 0.2) is 0 Å². The first-order valence-electron chi connectivity index (χ1n) is 12.2. The van der Waals surface area contributed by atoms with Gasteiger partial charge in [0.2, 0.25) is 89.0 Å². The molecule has 9 atom stereocenters. The van der Waals surface area contributed by atoms with Crippen LogP contribution in [-0.4, -0.2) is 178 Å². The third-order valence-electron chi connectivity index (χ3n) is 5.65. The van der Waals surface area contributed by atoms with Gasteiger partial charge in [0.05, 0.1) is 13.2 Å². The maximum atomic E-state index is 11.7. The molecule has 2 fully saturated rings. The Bertz CT molecular complexity index is 2310. The van der Waals surface area contributed by atoms with Crippen LogP contribution in [0.5, 0.6) is 0 Å². The summed E-state index contributed by atoms with van der Waals surface area (Å²) in [6, 6.07) is 0. The average molecular weight is 1160 g/mol. The summed E-state index contributed by atoms with van der Waals surface area (Å²) in [6.45, 7) is -6.74. The SMILES string of the molecule is O=S(=O)([O-])OC[C@@H]1O[C@@](COS(=O)(=O)[O-])(O[C@H]2O[C@H](COS(=O)(=O)[O-])[C@H](OS(=O)(=O)[O-])[C@H](OS(=O)(=O)[O-])[C@H]2OS(=O)(=O)[O-])[C@@H](OS(=O)(=O)[O-])[C@@H]1OS(=O)(=O)[O-].[Na+].[Na+].[Na+].[Na+].[Na+].[Na+].[Na+].[Na+]. The van der Waals surface area contributed by atoms with E-state index in [9.17, 15) is 104 Å². The largest absolute Gasteiger partial charge is 1.00 e. The number of ether oxygens (including phenoxy) is 3. The molecule has 2 saturated heterocycles. The Morgan fingerprint density at radius 2 is 0.698 bits per heavy atom. The van der Waals surface area contributed by atoms with E-state index in [1.807, 2.05) is 0 Å². The van der Waals surface area contributed by atoms with Crippen LogP contribution in [0.25, 0.3) is 0 Å². The predicted octanol–water partition coefficient (Wildman–Crippen LogP) is -33.5. The fourth-order valence-corrected chi connectivity index (χ4v) is 7.60. The Labute approximate surface area is 535 Å². The van der Waals surface area contributed by atoms with Crippen molar-refractivity contribution in [3.63, 3.8) is 0 Å². The zero-order chi connectivity index (χ0) is 43.0. The molecule has 0 spiro atoms. The molecule has 2 aliphatic rings. The van der Waals surface area contributed by atoms with E-state index in [4.69, 9.17) is 14.2 Å². The molecular weight excluding hydrogens is 1140 g/mol. The van der Waals surface area contributed by atoms with E-state index >= 15 is 0 Å². The Morgan fingerprint density at radius 1 is 0.381 bits per heavy atom. The fraction of sp³-hybridized carbons (Fsp3) is 1.00. The van der Waals surface area contributed by atoms with Crippen LogP contribution in [0.3, 0.4) is 0 Å². The van der Waals surface area contributed by atoms with Crippen molar-refractivity contribution in [1.82, 2.24) is 0 Å². The molecule has 2 heterocycles. The van der Waals surface area contributed by atoms with Gasteiger partial charge < -0.3 is 50.6 Å². The smallest absolute Gasteiger partial charge is 0.726 e. The molecular formula is C12H14Na8O35S8. The minimum atomic E-state index is -6.58. The van der Waals surface area contributed by atoms with Gasteiger partial charge in [-0.1, -0.05) is 0 Å². The van der Waals surface area contributed by atoms with E-state index in [1.165, 1.54) is 0 Å². The topological polar surface area (TPSA) is 559 Å². The fourth-order valence-electron chi connectivity index (χ4n) is 4.21. The van der Waals surface area contributed by atoms with Crippen molar-refractivity contribution in [3.05, 3.63) is 0 Å². The van der Waals surface area contributed by atoms with E-state index in [0.29, 0.717) is 0 Å². The Morgan fingerprint density at radius 3 is 1.05 bits per heavy atom. The van der Waals surface area contributed by atoms with Gasteiger partial charge in [0.25, 0.3) is 0 Å². The minimum Gasteiger partial charge on any atom is -0.726 e. The van der Waals surface area contributed by atoms with E-state index in [2.05, 4.69) is 33.5 Å². The van der Waals surface area contributed by atoms with Crippen LogP contribution in [-0.2, 0) is 131 Å². The minimum absolute atomic E-state index is 0. The van der Waals surface area contributed by atoms with Gasteiger partial charge in [-0.25, -0.2) is 67.3 Å². The van der Waals surface area contributed by atoms with Crippen LogP contribution in [0.2, 0.25) is 0 Å². The van der Waals surface area contributed by atoms with Crippen LogP contribution in [0.4, 0.5) is 0 Å². The summed E-state index contributed by atoms with van der Waals surface area (Å²) >= 11 is 0. The molecule has 0 bridgehead atoms. The summed E-state index contributed by atoms with van der Waals surface area (Å²) in [5, 5.41) is 0. The van der Waals surface area contributed by atoms with Crippen LogP contribution < -0.4 is 236 Å². The van der Waals surface area contributed by atoms with Crippen LogP contribution in [0, 0.1) is 0 Å². The van der Waals surface area contributed by atoms with E-state index in [-0.39, 0.29) is 236 Å². The predicted molar refractivity (Wildman–Crippen MR) is 137 cm³/mol. The number of hydrogen-bond donors (Lipinski definition) is 0. The van der Waals surface area contributed by atoms with Crippen molar-refractivity contribution in [1.29, 1.82) is 0 Å². The van der Waals surface area contributed by atoms with Crippen LogP contribution in [0.1, 0.15) is 0 Å². The third kappa shape index (κ3) is 34.2. The third-order valence-corrected chi connectivity index (χ3v) is 9.18. The molecule has 2 rings (SSSR count). The van der Waals surface area contributed by atoms with Gasteiger partial charge in [-0.3, -0.25) is 33.5 Å². The van der Waals surface area contributed by atoms with Gasteiger partial charge in [-0.2, -0.15) is 0 Å². The molecule has 0 aromatic carbocycles. The molecule has 0 radical (unpaired) electrons. The van der Waals surface area contributed by atoms with E-state index < -0.39 is 158 Å². The van der Waals surface area contributed by atoms with Gasteiger partial charge in [0.15, 0.2) is 18.5 Å². The van der Waals surface area contributed by atoms with Gasteiger partial charge >= 0.3 is 236 Å². The molecule has 0 amide bonds. The number of rotatable bonds is 21. The van der Waals surface area contributed by atoms with E-state index in [0.717, 1.165) is 0 Å². The molecule has 0 aromatic rings. The first kappa shape index (κ1) is 83.8. The maximum absolute atomic E-state index is 11.7. The molecule has 0 N–H and O–H groups in total. The summed E-state index contributed by atoms with van der Waals surface area (Å²) in [6.07, 6.45) is -27.5. The molecule has 0 aliphatic carbocycles. The zero-order valence-electron chi connectivity index (χ0n) is 32.8. The van der Waals surface area contributed by atoms with Gasteiger partial charge in [0, 0.05) is 0 Å². The molecule has 63 heavy (non-hydrogen) atoms. The second-order valence-corrected chi connectivity index (χ2v) is 17.7. The van der Waals surface area contributed by atoms with Crippen molar-refractivity contribution in [2.45, 2.75) is 54.8 Å². The summed E-state index contributed by atoms with van der Waals surface area (Å²) in [7, 11) is -50.8. The van der Waals surface area contributed by atoms with Crippen molar-refractivity contribution in [2.24, 2.45) is 0 Å². The zero-order valence-corrected chi connectivity index (χ0v) is 55.3. The van der Waals surface area contributed by atoms with Crippen LogP contribution >= 0.6 is 0 Å². The first-order valence-corrected chi connectivity index (χ1v) is 22.9. The van der Waals surface area contributed by atoms with Gasteiger partial charge in [0.1, 0.15) is 37.1 Å². The molecule has 0 saturated carbocycles. The van der Waals surface area contributed by atoms with Crippen molar-refractivity contribution < 1.29 is 388 Å².